The fraction of sp³-hybridized carbons (Fsp3) is 0.348. The number of carbonyl (C=O) groups excluding carboxylic acids is 1. The number of sulfonamides is 1. The number of hydrogen-bond donors (Lipinski definition) is 2. The van der Waals surface area contributed by atoms with Gasteiger partial charge in [0.15, 0.2) is 5.82 Å². The van der Waals surface area contributed by atoms with Crippen molar-refractivity contribution in [3.05, 3.63) is 60.2 Å². The molecule has 3 aromatic rings. The lowest BCUT2D eigenvalue weighted by Gasteiger charge is -2.31. The second kappa shape index (κ2) is 10.5. The van der Waals surface area contributed by atoms with Gasteiger partial charge in [-0.1, -0.05) is 59.8 Å². The van der Waals surface area contributed by atoms with Crippen LogP contribution in [-0.2, 0) is 14.8 Å². The van der Waals surface area contributed by atoms with Crippen LogP contribution in [-0.4, -0.2) is 59.2 Å². The lowest BCUT2D eigenvalue weighted by molar-refractivity contribution is -0.125. The molecule has 2 N–H and O–H groups in total. The van der Waals surface area contributed by atoms with E-state index in [2.05, 4.69) is 20.5 Å². The number of carbonyl (C=O) groups is 1. The number of rotatable bonds is 8. The first-order chi connectivity index (χ1) is 15.9. The average Bonchev–Trinajstić information content (AvgIpc) is 3.32. The highest BCUT2D eigenvalue weighted by Gasteiger charge is 2.33. The summed E-state index contributed by atoms with van der Waals surface area (Å²) in [5, 5.41) is 10.7. The van der Waals surface area contributed by atoms with Gasteiger partial charge in [0.05, 0.1) is 10.8 Å². The number of thioether (sulfide) groups is 1. The molecule has 0 bridgehead atoms. The lowest BCUT2D eigenvalue weighted by Crippen LogP contribution is -2.45. The maximum absolute atomic E-state index is 13.0. The molecule has 1 aromatic heterocycles. The Morgan fingerprint density at radius 1 is 1.18 bits per heavy atom. The molecule has 174 valence electrons. The second-order valence-corrected chi connectivity index (χ2v) is 11.0. The smallest absolute Gasteiger partial charge is 0.243 e. The molecule has 2 heterocycles. The van der Waals surface area contributed by atoms with Crippen molar-refractivity contribution in [3.63, 3.8) is 0 Å². The summed E-state index contributed by atoms with van der Waals surface area (Å²) in [7, 11) is -3.60. The Morgan fingerprint density at radius 3 is 2.70 bits per heavy atom. The van der Waals surface area contributed by atoms with E-state index in [0.717, 1.165) is 11.1 Å². The highest BCUT2D eigenvalue weighted by molar-refractivity contribution is 7.99. The van der Waals surface area contributed by atoms with Crippen LogP contribution in [0.1, 0.15) is 18.4 Å². The topological polar surface area (TPSA) is 108 Å². The van der Waals surface area contributed by atoms with Gasteiger partial charge in [-0.15, -0.1) is 5.10 Å². The summed E-state index contributed by atoms with van der Waals surface area (Å²) < 4.78 is 27.4. The van der Waals surface area contributed by atoms with E-state index in [1.807, 2.05) is 37.3 Å². The fourth-order valence-corrected chi connectivity index (χ4v) is 5.91. The second-order valence-electron chi connectivity index (χ2n) is 7.99. The number of piperidine rings is 1. The first-order valence-electron chi connectivity index (χ1n) is 10.9. The third kappa shape index (κ3) is 5.82. The molecule has 33 heavy (non-hydrogen) atoms. The Labute approximate surface area is 198 Å². The van der Waals surface area contributed by atoms with Gasteiger partial charge in [0.2, 0.25) is 21.1 Å². The molecule has 1 fully saturated rings. The molecule has 4 rings (SSSR count). The summed E-state index contributed by atoms with van der Waals surface area (Å²) in [6.45, 7) is 3.02. The van der Waals surface area contributed by atoms with Gasteiger partial charge in [-0.05, 0) is 31.9 Å². The predicted molar refractivity (Wildman–Crippen MR) is 128 cm³/mol. The molecule has 8 nitrogen and oxygen atoms in total. The number of aromatic nitrogens is 3. The summed E-state index contributed by atoms with van der Waals surface area (Å²) >= 11 is 1.45. The van der Waals surface area contributed by atoms with Crippen molar-refractivity contribution in [2.45, 2.75) is 29.8 Å². The average molecular weight is 486 g/mol. The van der Waals surface area contributed by atoms with Crippen LogP contribution >= 0.6 is 11.8 Å². The molecule has 0 spiro atoms. The highest BCUT2D eigenvalue weighted by atomic mass is 32.2. The molecule has 0 saturated carbocycles. The van der Waals surface area contributed by atoms with E-state index >= 15 is 0 Å². The summed E-state index contributed by atoms with van der Waals surface area (Å²) in [6.07, 6.45) is 1.34. The maximum Gasteiger partial charge on any atom is 0.243 e. The van der Waals surface area contributed by atoms with Crippen LogP contribution in [0, 0.1) is 12.8 Å². The quantitative estimate of drug-likeness (QED) is 0.375. The SMILES string of the molecule is Cc1ccc(S(=O)(=O)N2CCCC(C(=O)NCCSc3n[nH]c(-c4ccccc4)n3)C2)cc1. The number of hydrogen-bond acceptors (Lipinski definition) is 6. The highest BCUT2D eigenvalue weighted by Crippen LogP contribution is 2.24. The van der Waals surface area contributed by atoms with E-state index in [9.17, 15) is 13.2 Å². The predicted octanol–water partition coefficient (Wildman–Crippen LogP) is 3.09. The number of H-pyrrole nitrogens is 1. The number of aryl methyl sites for hydroxylation is 1. The van der Waals surface area contributed by atoms with Crippen molar-refractivity contribution in [1.29, 1.82) is 0 Å². The third-order valence-corrected chi connectivity index (χ3v) is 8.29. The van der Waals surface area contributed by atoms with E-state index in [4.69, 9.17) is 0 Å². The molecule has 1 amide bonds. The zero-order valence-corrected chi connectivity index (χ0v) is 20.0. The Morgan fingerprint density at radius 2 is 1.94 bits per heavy atom. The number of nitrogens with one attached hydrogen (secondary N) is 2. The van der Waals surface area contributed by atoms with Crippen LogP contribution in [0.5, 0.6) is 0 Å². The van der Waals surface area contributed by atoms with E-state index in [1.54, 1.807) is 24.3 Å². The Hall–Kier alpha value is -2.69. The number of aromatic amines is 1. The van der Waals surface area contributed by atoms with Crippen LogP contribution in [0.3, 0.4) is 0 Å². The van der Waals surface area contributed by atoms with Gasteiger partial charge >= 0.3 is 0 Å². The van der Waals surface area contributed by atoms with Crippen molar-refractivity contribution in [3.8, 4) is 11.4 Å². The van der Waals surface area contributed by atoms with E-state index in [0.29, 0.717) is 42.7 Å². The number of benzene rings is 2. The van der Waals surface area contributed by atoms with Gasteiger partial charge < -0.3 is 5.32 Å². The maximum atomic E-state index is 13.0. The largest absolute Gasteiger partial charge is 0.355 e. The first kappa shape index (κ1) is 23.5. The molecule has 10 heteroatoms. The Kier molecular flexibility index (Phi) is 7.46. The lowest BCUT2D eigenvalue weighted by atomic mass is 9.99. The van der Waals surface area contributed by atoms with Crippen molar-refractivity contribution in [2.24, 2.45) is 5.92 Å². The monoisotopic (exact) mass is 485 g/mol. The molecule has 1 atom stereocenters. The zero-order chi connectivity index (χ0) is 23.3. The Balaban J connectivity index is 1.26. The number of nitrogens with zero attached hydrogens (tertiary/aromatic N) is 3. The standard InChI is InChI=1S/C23H27N5O3S2/c1-17-9-11-20(12-10-17)33(30,31)28-14-5-8-19(16-28)22(29)24-13-15-32-23-25-21(26-27-23)18-6-3-2-4-7-18/h2-4,6-7,9-12,19H,5,8,13-16H2,1H3,(H,24,29)(H,25,26,27). The van der Waals surface area contributed by atoms with E-state index < -0.39 is 10.0 Å². The molecular formula is C23H27N5O3S2. The number of amides is 1. The first-order valence-corrected chi connectivity index (χ1v) is 13.3. The fourth-order valence-electron chi connectivity index (χ4n) is 3.73. The summed E-state index contributed by atoms with van der Waals surface area (Å²) in [5.74, 6) is 0.867. The van der Waals surface area contributed by atoms with Crippen molar-refractivity contribution >= 4 is 27.7 Å². The molecule has 1 saturated heterocycles. The van der Waals surface area contributed by atoms with Crippen LogP contribution in [0.2, 0.25) is 0 Å². The zero-order valence-electron chi connectivity index (χ0n) is 18.4. The van der Waals surface area contributed by atoms with E-state index in [-0.39, 0.29) is 23.3 Å². The van der Waals surface area contributed by atoms with Gasteiger partial charge in [-0.25, -0.2) is 13.4 Å². The van der Waals surface area contributed by atoms with Crippen LogP contribution < -0.4 is 5.32 Å². The summed E-state index contributed by atoms with van der Waals surface area (Å²) in [5.41, 5.74) is 1.97. The molecular weight excluding hydrogens is 458 g/mol. The molecule has 1 aliphatic rings. The molecule has 1 aliphatic heterocycles. The van der Waals surface area contributed by atoms with Gasteiger partial charge in [-0.3, -0.25) is 9.89 Å². The van der Waals surface area contributed by atoms with Gasteiger partial charge in [0.25, 0.3) is 0 Å². The van der Waals surface area contributed by atoms with Crippen LogP contribution in [0.15, 0.2) is 64.6 Å². The van der Waals surface area contributed by atoms with Gasteiger partial charge in [-0.2, -0.15) is 4.31 Å². The normalized spacial score (nSPS) is 17.1. The minimum absolute atomic E-state index is 0.112. The van der Waals surface area contributed by atoms with Crippen LogP contribution in [0.25, 0.3) is 11.4 Å². The van der Waals surface area contributed by atoms with Crippen molar-refractivity contribution < 1.29 is 13.2 Å². The molecule has 2 aromatic carbocycles. The van der Waals surface area contributed by atoms with Gasteiger partial charge in [0.1, 0.15) is 0 Å². The molecule has 0 radical (unpaired) electrons. The minimum atomic E-state index is -3.60. The van der Waals surface area contributed by atoms with E-state index in [1.165, 1.54) is 16.1 Å². The molecule has 1 unspecified atom stereocenters. The molecule has 0 aliphatic carbocycles. The van der Waals surface area contributed by atoms with Crippen molar-refractivity contribution in [2.75, 3.05) is 25.4 Å². The Bertz CT molecular complexity index is 1180. The van der Waals surface area contributed by atoms with Gasteiger partial charge in [0, 0.05) is 31.0 Å². The summed E-state index contributed by atoms with van der Waals surface area (Å²) in [6, 6.07) is 16.6. The third-order valence-electron chi connectivity index (χ3n) is 5.56. The van der Waals surface area contributed by atoms with Crippen LogP contribution in [0.4, 0.5) is 0 Å². The van der Waals surface area contributed by atoms with Crippen molar-refractivity contribution in [1.82, 2.24) is 24.8 Å². The summed E-state index contributed by atoms with van der Waals surface area (Å²) in [4.78, 5) is 17.4. The minimum Gasteiger partial charge on any atom is -0.355 e.